The van der Waals surface area contributed by atoms with Crippen LogP contribution in [0.3, 0.4) is 0 Å². The summed E-state index contributed by atoms with van der Waals surface area (Å²) < 4.78 is 32.7. The molecule has 0 saturated heterocycles. The first-order valence-electron chi connectivity index (χ1n) is 8.68. The molecule has 6 nitrogen and oxygen atoms in total. The van der Waals surface area contributed by atoms with E-state index in [1.54, 1.807) is 48.0 Å². The molecule has 29 heavy (non-hydrogen) atoms. The number of sulfonamides is 1. The van der Waals surface area contributed by atoms with Crippen LogP contribution in [-0.2, 0) is 10.0 Å². The highest BCUT2D eigenvalue weighted by atomic mass is 32.2. The highest BCUT2D eigenvalue weighted by molar-refractivity contribution is 7.92. The highest BCUT2D eigenvalue weighted by Gasteiger charge is 2.14. The minimum absolute atomic E-state index is 0.170. The van der Waals surface area contributed by atoms with Crippen molar-refractivity contribution in [2.75, 3.05) is 11.8 Å². The quantitative estimate of drug-likeness (QED) is 0.487. The van der Waals surface area contributed by atoms with Gasteiger partial charge in [-0.3, -0.25) is 9.71 Å². The van der Waals surface area contributed by atoms with Crippen molar-refractivity contribution < 1.29 is 13.2 Å². The Balaban J connectivity index is 1.51. The summed E-state index contributed by atoms with van der Waals surface area (Å²) in [4.78, 5) is 8.85. The van der Waals surface area contributed by atoms with E-state index in [4.69, 9.17) is 4.74 Å². The van der Waals surface area contributed by atoms with Crippen molar-refractivity contribution in [2.24, 2.45) is 0 Å². The number of aromatic nitrogens is 2. The number of pyridine rings is 1. The predicted octanol–water partition coefficient (Wildman–Crippen LogP) is 4.68. The van der Waals surface area contributed by atoms with Crippen LogP contribution in [-0.4, -0.2) is 25.5 Å². The number of ether oxygens (including phenoxy) is 1. The summed E-state index contributed by atoms with van der Waals surface area (Å²) in [5.41, 5.74) is 3.25. The molecule has 8 heteroatoms. The Bertz CT molecular complexity index is 1200. The Morgan fingerprint density at radius 2 is 1.59 bits per heavy atom. The summed E-state index contributed by atoms with van der Waals surface area (Å²) in [6.45, 7) is 0. The van der Waals surface area contributed by atoms with Crippen molar-refractivity contribution in [2.45, 2.75) is 4.90 Å². The second-order valence-electron chi connectivity index (χ2n) is 6.13. The van der Waals surface area contributed by atoms with Gasteiger partial charge in [0, 0.05) is 34.6 Å². The molecule has 0 radical (unpaired) electrons. The highest BCUT2D eigenvalue weighted by Crippen LogP contribution is 2.29. The van der Waals surface area contributed by atoms with Crippen LogP contribution in [0.1, 0.15) is 0 Å². The average Bonchev–Trinajstić information content (AvgIpc) is 3.25. The van der Waals surface area contributed by atoms with E-state index in [-0.39, 0.29) is 4.90 Å². The Hall–Kier alpha value is -3.23. The first kappa shape index (κ1) is 19.1. The van der Waals surface area contributed by atoms with Crippen molar-refractivity contribution in [3.63, 3.8) is 0 Å². The number of methoxy groups -OCH3 is 1. The molecule has 2 heterocycles. The van der Waals surface area contributed by atoms with E-state index in [2.05, 4.69) is 14.7 Å². The van der Waals surface area contributed by atoms with Crippen LogP contribution in [0, 0.1) is 0 Å². The molecule has 0 spiro atoms. The Kier molecular flexibility index (Phi) is 5.28. The van der Waals surface area contributed by atoms with Crippen molar-refractivity contribution in [3.8, 4) is 27.6 Å². The van der Waals surface area contributed by atoms with E-state index >= 15 is 0 Å². The normalized spacial score (nSPS) is 11.2. The van der Waals surface area contributed by atoms with Gasteiger partial charge in [0.1, 0.15) is 10.8 Å². The molecule has 0 fully saturated rings. The molecule has 0 aliphatic heterocycles. The van der Waals surface area contributed by atoms with Crippen molar-refractivity contribution in [1.82, 2.24) is 9.97 Å². The van der Waals surface area contributed by atoms with Gasteiger partial charge in [-0.1, -0.05) is 12.1 Å². The van der Waals surface area contributed by atoms with Crippen LogP contribution in [0.2, 0.25) is 0 Å². The zero-order valence-corrected chi connectivity index (χ0v) is 17.1. The van der Waals surface area contributed by atoms with E-state index in [1.165, 1.54) is 19.2 Å². The number of thiazole rings is 1. The topological polar surface area (TPSA) is 81.2 Å². The molecule has 4 rings (SSSR count). The van der Waals surface area contributed by atoms with Gasteiger partial charge in [0.2, 0.25) is 0 Å². The van der Waals surface area contributed by atoms with E-state index < -0.39 is 10.0 Å². The molecule has 1 N–H and O–H groups in total. The number of hydrogen-bond acceptors (Lipinski definition) is 6. The van der Waals surface area contributed by atoms with Crippen LogP contribution in [0.5, 0.6) is 5.75 Å². The third kappa shape index (κ3) is 4.28. The molecule has 2 aromatic carbocycles. The smallest absolute Gasteiger partial charge is 0.261 e. The minimum atomic E-state index is -3.67. The van der Waals surface area contributed by atoms with Gasteiger partial charge in [-0.05, 0) is 48.5 Å². The summed E-state index contributed by atoms with van der Waals surface area (Å²) in [5.74, 6) is 0.600. The van der Waals surface area contributed by atoms with Gasteiger partial charge >= 0.3 is 0 Å². The SMILES string of the molecule is COc1ccc(S(=O)(=O)Nc2ccc(-c3csc(-c4ccncc4)n3)cc2)cc1. The van der Waals surface area contributed by atoms with E-state index in [0.717, 1.165) is 21.8 Å². The number of benzene rings is 2. The summed E-state index contributed by atoms with van der Waals surface area (Å²) in [7, 11) is -2.14. The number of anilines is 1. The standard InChI is InChI=1S/C21H17N3O3S2/c1-27-18-6-8-19(9-7-18)29(25,26)24-17-4-2-15(3-5-17)20-14-28-21(23-20)16-10-12-22-13-11-16/h2-14,24H,1H3. The molecule has 2 aromatic heterocycles. The zero-order valence-electron chi connectivity index (χ0n) is 15.4. The van der Waals surface area contributed by atoms with Crippen LogP contribution >= 0.6 is 11.3 Å². The molecule has 0 aliphatic carbocycles. The second kappa shape index (κ2) is 8.02. The van der Waals surface area contributed by atoms with Crippen LogP contribution in [0.15, 0.2) is 83.3 Å². The summed E-state index contributed by atoms with van der Waals surface area (Å²) >= 11 is 1.55. The van der Waals surface area contributed by atoms with Gasteiger partial charge in [0.25, 0.3) is 10.0 Å². The van der Waals surface area contributed by atoms with E-state index in [9.17, 15) is 8.42 Å². The predicted molar refractivity (Wildman–Crippen MR) is 115 cm³/mol. The van der Waals surface area contributed by atoms with Gasteiger partial charge in [-0.15, -0.1) is 11.3 Å². The van der Waals surface area contributed by atoms with Gasteiger partial charge in [-0.25, -0.2) is 13.4 Å². The van der Waals surface area contributed by atoms with Gasteiger partial charge < -0.3 is 4.74 Å². The molecule has 0 bridgehead atoms. The van der Waals surface area contributed by atoms with Crippen LogP contribution in [0.4, 0.5) is 5.69 Å². The van der Waals surface area contributed by atoms with Crippen molar-refractivity contribution >= 4 is 27.0 Å². The Labute approximate surface area is 172 Å². The maximum atomic E-state index is 12.5. The third-order valence-corrected chi connectivity index (χ3v) is 6.52. The van der Waals surface area contributed by atoms with E-state index in [0.29, 0.717) is 11.4 Å². The lowest BCUT2D eigenvalue weighted by atomic mass is 10.1. The van der Waals surface area contributed by atoms with Gasteiger partial charge in [0.15, 0.2) is 0 Å². The fourth-order valence-electron chi connectivity index (χ4n) is 2.71. The first-order chi connectivity index (χ1) is 14.0. The lowest BCUT2D eigenvalue weighted by Crippen LogP contribution is -2.12. The molecular weight excluding hydrogens is 406 g/mol. The van der Waals surface area contributed by atoms with E-state index in [1.807, 2.05) is 29.6 Å². The molecule has 4 aromatic rings. The van der Waals surface area contributed by atoms with Gasteiger partial charge in [-0.2, -0.15) is 0 Å². The molecule has 0 aliphatic rings. The Morgan fingerprint density at radius 3 is 2.24 bits per heavy atom. The first-order valence-corrected chi connectivity index (χ1v) is 11.0. The molecular formula is C21H17N3O3S2. The number of nitrogens with zero attached hydrogens (tertiary/aromatic N) is 2. The van der Waals surface area contributed by atoms with Crippen LogP contribution in [0.25, 0.3) is 21.8 Å². The lowest BCUT2D eigenvalue weighted by Gasteiger charge is -2.09. The number of hydrogen-bond donors (Lipinski definition) is 1. The lowest BCUT2D eigenvalue weighted by molar-refractivity contribution is 0.414. The largest absolute Gasteiger partial charge is 0.497 e. The van der Waals surface area contributed by atoms with Crippen molar-refractivity contribution in [3.05, 3.63) is 78.4 Å². The molecule has 146 valence electrons. The van der Waals surface area contributed by atoms with Gasteiger partial charge in [0.05, 0.1) is 17.7 Å². The molecule has 0 saturated carbocycles. The number of nitrogens with one attached hydrogen (secondary N) is 1. The average molecular weight is 424 g/mol. The monoisotopic (exact) mass is 423 g/mol. The minimum Gasteiger partial charge on any atom is -0.497 e. The third-order valence-electron chi connectivity index (χ3n) is 4.23. The number of rotatable bonds is 6. The fraction of sp³-hybridized carbons (Fsp3) is 0.0476. The Morgan fingerprint density at radius 1 is 0.897 bits per heavy atom. The van der Waals surface area contributed by atoms with Crippen molar-refractivity contribution in [1.29, 1.82) is 0 Å². The zero-order chi connectivity index (χ0) is 20.3. The van der Waals surface area contributed by atoms with Crippen LogP contribution < -0.4 is 9.46 Å². The summed E-state index contributed by atoms with van der Waals surface area (Å²) in [6, 6.07) is 17.2. The summed E-state index contributed by atoms with van der Waals surface area (Å²) in [5, 5.41) is 2.89. The maximum Gasteiger partial charge on any atom is 0.261 e. The maximum absolute atomic E-state index is 12.5. The molecule has 0 amide bonds. The second-order valence-corrected chi connectivity index (χ2v) is 8.67. The molecule has 0 unspecified atom stereocenters. The molecule has 0 atom stereocenters. The fourth-order valence-corrected chi connectivity index (χ4v) is 4.61. The summed E-state index contributed by atoms with van der Waals surface area (Å²) in [6.07, 6.45) is 3.47.